The van der Waals surface area contributed by atoms with Crippen LogP contribution in [0.15, 0.2) is 46.5 Å². The van der Waals surface area contributed by atoms with Gasteiger partial charge in [-0.25, -0.2) is 24.7 Å². The van der Waals surface area contributed by atoms with Crippen molar-refractivity contribution in [2.45, 2.75) is 39.0 Å². The number of fused-ring (bicyclic) bond motifs is 1. The molecule has 4 rings (SSSR count). The summed E-state index contributed by atoms with van der Waals surface area (Å²) in [6.45, 7) is 2.04. The van der Waals surface area contributed by atoms with Gasteiger partial charge < -0.3 is 9.88 Å². The summed E-state index contributed by atoms with van der Waals surface area (Å²) in [7, 11) is 1.35. The number of carbonyl (C=O) groups excluding carboxylic acids is 3. The molecule has 0 radical (unpaired) electrons. The summed E-state index contributed by atoms with van der Waals surface area (Å²) in [5.41, 5.74) is -1.45. The Hall–Kier alpha value is -5.02. The maximum Gasteiger partial charge on any atom is 0.451 e. The summed E-state index contributed by atoms with van der Waals surface area (Å²) in [5, 5.41) is 2.57. The first kappa shape index (κ1) is 28.0. The molecule has 0 fully saturated rings. The number of alkyl halides is 3. The third-order valence-corrected chi connectivity index (χ3v) is 5.84. The molecule has 0 aliphatic heterocycles. The molecule has 0 unspecified atom stereocenters. The van der Waals surface area contributed by atoms with Crippen LogP contribution in [0.25, 0.3) is 22.4 Å². The van der Waals surface area contributed by atoms with Crippen molar-refractivity contribution in [1.29, 1.82) is 0 Å². The average molecular weight is 558 g/mol. The number of nitrogens with one attached hydrogen (secondary N) is 1. The summed E-state index contributed by atoms with van der Waals surface area (Å²) in [4.78, 5) is 77.3. The number of pyridine rings is 1. The molecular formula is C24H21F3N8O5. The third kappa shape index (κ3) is 5.55. The molecule has 0 saturated heterocycles. The number of hydrogen-bond acceptors (Lipinski definition) is 9. The Morgan fingerprint density at radius 2 is 1.75 bits per heavy atom. The van der Waals surface area contributed by atoms with Crippen LogP contribution in [0.3, 0.4) is 0 Å². The van der Waals surface area contributed by atoms with Crippen LogP contribution in [0.2, 0.25) is 0 Å². The topological polar surface area (TPSA) is 164 Å². The Kier molecular flexibility index (Phi) is 7.44. The summed E-state index contributed by atoms with van der Waals surface area (Å²) < 4.78 is 41.2. The van der Waals surface area contributed by atoms with Gasteiger partial charge in [-0.2, -0.15) is 13.2 Å². The normalized spacial score (nSPS) is 12.3. The van der Waals surface area contributed by atoms with E-state index in [-0.39, 0.29) is 28.2 Å². The van der Waals surface area contributed by atoms with E-state index in [1.54, 1.807) is 0 Å². The minimum absolute atomic E-state index is 0.0210. The monoisotopic (exact) mass is 558 g/mol. The maximum absolute atomic E-state index is 13.2. The van der Waals surface area contributed by atoms with Gasteiger partial charge in [-0.05, 0) is 26.0 Å². The van der Waals surface area contributed by atoms with Crippen LogP contribution in [0, 0.1) is 0 Å². The van der Waals surface area contributed by atoms with Crippen LogP contribution >= 0.6 is 0 Å². The van der Waals surface area contributed by atoms with E-state index < -0.39 is 59.7 Å². The Balaban J connectivity index is 1.62. The fourth-order valence-corrected chi connectivity index (χ4v) is 3.86. The first-order valence-corrected chi connectivity index (χ1v) is 11.6. The smallest absolute Gasteiger partial charge is 0.312 e. The number of rotatable bonds is 8. The lowest BCUT2D eigenvalue weighted by Crippen LogP contribution is -2.42. The number of amides is 1. The molecule has 4 aromatic rings. The Labute approximate surface area is 222 Å². The fraction of sp³-hybridized carbons (Fsp3) is 0.292. The van der Waals surface area contributed by atoms with Crippen molar-refractivity contribution in [2.24, 2.45) is 7.05 Å². The molecule has 1 amide bonds. The summed E-state index contributed by atoms with van der Waals surface area (Å²) in [6.07, 6.45) is -2.03. The molecule has 0 aliphatic carbocycles. The number of Topliss-reactive ketones (excluding diaryl/α,β-unsaturated/α-hetero) is 2. The van der Waals surface area contributed by atoms with Crippen LogP contribution < -0.4 is 16.6 Å². The molecule has 0 bridgehead atoms. The second-order valence-corrected chi connectivity index (χ2v) is 8.84. The minimum atomic E-state index is -4.70. The number of ketones is 2. The molecule has 16 heteroatoms. The first-order valence-electron chi connectivity index (χ1n) is 11.6. The quantitative estimate of drug-likeness (QED) is 0.316. The van der Waals surface area contributed by atoms with Crippen molar-refractivity contribution in [3.63, 3.8) is 0 Å². The highest BCUT2D eigenvalue weighted by Crippen LogP contribution is 2.27. The number of imidazole rings is 1. The van der Waals surface area contributed by atoms with Gasteiger partial charge in [-0.3, -0.25) is 28.3 Å². The van der Waals surface area contributed by atoms with Crippen LogP contribution in [-0.4, -0.2) is 51.1 Å². The van der Waals surface area contributed by atoms with Crippen molar-refractivity contribution >= 4 is 34.5 Å². The number of anilines is 1. The molecule has 208 valence electrons. The highest BCUT2D eigenvalue weighted by Gasteiger charge is 2.34. The van der Waals surface area contributed by atoms with E-state index >= 15 is 0 Å². The van der Waals surface area contributed by atoms with Gasteiger partial charge in [-0.15, -0.1) is 0 Å². The van der Waals surface area contributed by atoms with E-state index in [4.69, 9.17) is 0 Å². The largest absolute Gasteiger partial charge is 0.451 e. The van der Waals surface area contributed by atoms with Gasteiger partial charge in [0.15, 0.2) is 16.9 Å². The van der Waals surface area contributed by atoms with Crippen LogP contribution in [-0.2, 0) is 34.2 Å². The lowest BCUT2D eigenvalue weighted by atomic mass is 10.2. The zero-order chi connectivity index (χ0) is 29.4. The molecule has 4 heterocycles. The molecule has 0 aliphatic rings. The summed E-state index contributed by atoms with van der Waals surface area (Å²) in [6, 6.07) is 3.39. The van der Waals surface area contributed by atoms with E-state index in [1.807, 2.05) is 0 Å². The number of nitrogens with zero attached hydrogens (tertiary/aromatic N) is 7. The molecule has 0 spiro atoms. The van der Waals surface area contributed by atoms with Crippen molar-refractivity contribution in [1.82, 2.24) is 33.6 Å². The maximum atomic E-state index is 13.2. The third-order valence-electron chi connectivity index (χ3n) is 5.84. The van der Waals surface area contributed by atoms with Gasteiger partial charge in [0.05, 0.1) is 25.0 Å². The molecule has 0 aromatic carbocycles. The highest BCUT2D eigenvalue weighted by molar-refractivity contribution is 5.98. The van der Waals surface area contributed by atoms with Gasteiger partial charge >= 0.3 is 11.9 Å². The average Bonchev–Trinajstić information content (AvgIpc) is 3.34. The van der Waals surface area contributed by atoms with Crippen molar-refractivity contribution < 1.29 is 27.6 Å². The second-order valence-electron chi connectivity index (χ2n) is 8.84. The first-order chi connectivity index (χ1) is 18.8. The van der Waals surface area contributed by atoms with Crippen LogP contribution in [0.4, 0.5) is 19.0 Å². The fourth-order valence-electron chi connectivity index (χ4n) is 3.86. The van der Waals surface area contributed by atoms with Crippen molar-refractivity contribution in [2.75, 3.05) is 5.32 Å². The van der Waals surface area contributed by atoms with E-state index in [0.717, 1.165) is 17.0 Å². The number of carbonyl (C=O) groups is 3. The van der Waals surface area contributed by atoms with E-state index in [9.17, 15) is 37.1 Å². The zero-order valence-electron chi connectivity index (χ0n) is 21.3. The molecule has 40 heavy (non-hydrogen) atoms. The molecule has 1 atom stereocenters. The number of aromatic nitrogens is 7. The highest BCUT2D eigenvalue weighted by atomic mass is 19.4. The Morgan fingerprint density at radius 1 is 1.07 bits per heavy atom. The zero-order valence-corrected chi connectivity index (χ0v) is 21.3. The van der Waals surface area contributed by atoms with Gasteiger partial charge in [0, 0.05) is 25.0 Å². The standard InChI is InChI=1S/C24H21F3N8O5/c1-12(36)7-15(37)10-34-21(39)18-19(33(3)23(34)40)30-11-35(18)13(2)20(38)32-17-6-4-5-16(31-17)14-8-28-22(29-9-14)24(25,26)27/h4-6,8-9,11,13H,7,10H2,1-3H3,(H,31,32,38)/t13-/m0/s1. The van der Waals surface area contributed by atoms with E-state index in [0.29, 0.717) is 4.57 Å². The summed E-state index contributed by atoms with van der Waals surface area (Å²) in [5.74, 6) is -2.94. The van der Waals surface area contributed by atoms with Gasteiger partial charge in [0.2, 0.25) is 11.7 Å². The Morgan fingerprint density at radius 3 is 2.38 bits per heavy atom. The molecule has 0 saturated carbocycles. The predicted molar refractivity (Wildman–Crippen MR) is 133 cm³/mol. The van der Waals surface area contributed by atoms with Crippen molar-refractivity contribution in [3.05, 3.63) is 63.6 Å². The van der Waals surface area contributed by atoms with Crippen molar-refractivity contribution in [3.8, 4) is 11.3 Å². The number of hydrogen-bond donors (Lipinski definition) is 1. The van der Waals surface area contributed by atoms with Gasteiger partial charge in [0.1, 0.15) is 17.6 Å². The molecule has 4 aromatic heterocycles. The molecule has 1 N–H and O–H groups in total. The van der Waals surface area contributed by atoms with Gasteiger partial charge in [-0.1, -0.05) is 6.07 Å². The lowest BCUT2D eigenvalue weighted by Gasteiger charge is -2.15. The lowest BCUT2D eigenvalue weighted by molar-refractivity contribution is -0.145. The Bertz CT molecular complexity index is 1760. The van der Waals surface area contributed by atoms with Gasteiger partial charge in [0.25, 0.3) is 5.56 Å². The van der Waals surface area contributed by atoms with E-state index in [2.05, 4.69) is 25.3 Å². The number of aryl methyl sites for hydroxylation is 1. The second kappa shape index (κ2) is 10.6. The molecule has 13 nitrogen and oxygen atoms in total. The molecular weight excluding hydrogens is 537 g/mol. The SMILES string of the molecule is CC(=O)CC(=O)Cn1c(=O)c2c(ncn2[C@@H](C)C(=O)Nc2cccc(-c3cnc(C(F)(F)F)nc3)n2)n(C)c1=O. The van der Waals surface area contributed by atoms with Crippen LogP contribution in [0.1, 0.15) is 32.1 Å². The van der Waals surface area contributed by atoms with Crippen LogP contribution in [0.5, 0.6) is 0 Å². The summed E-state index contributed by atoms with van der Waals surface area (Å²) >= 11 is 0. The van der Waals surface area contributed by atoms with E-state index in [1.165, 1.54) is 50.0 Å². The number of halogens is 3. The minimum Gasteiger partial charge on any atom is -0.312 e. The predicted octanol–water partition coefficient (Wildman–Crippen LogP) is 1.52.